The van der Waals surface area contributed by atoms with E-state index in [1.807, 2.05) is 38.4 Å². The SMILES string of the molecule is CC(C)c1ncncc1Cl.Cc1cccnc1C(C)C.Cc1cccnc1C(C)C. The number of nitrogens with zero attached hydrogens (tertiary/aromatic N) is 4. The van der Waals surface area contributed by atoms with Crippen LogP contribution in [0.3, 0.4) is 0 Å². The molecule has 0 saturated carbocycles. The van der Waals surface area contributed by atoms with Crippen LogP contribution in [0.15, 0.2) is 49.2 Å². The zero-order valence-electron chi connectivity index (χ0n) is 19.5. The van der Waals surface area contributed by atoms with Gasteiger partial charge in [0.2, 0.25) is 0 Å². The van der Waals surface area contributed by atoms with Gasteiger partial charge >= 0.3 is 0 Å². The lowest BCUT2D eigenvalue weighted by atomic mass is 10.1. The van der Waals surface area contributed by atoms with Crippen LogP contribution in [-0.2, 0) is 0 Å². The topological polar surface area (TPSA) is 51.6 Å². The molecule has 0 unspecified atom stereocenters. The van der Waals surface area contributed by atoms with E-state index in [1.165, 1.54) is 28.8 Å². The fraction of sp³-hybridized carbons (Fsp3) is 0.440. The molecule has 4 nitrogen and oxygen atoms in total. The summed E-state index contributed by atoms with van der Waals surface area (Å²) < 4.78 is 0. The molecule has 3 heterocycles. The van der Waals surface area contributed by atoms with Crippen LogP contribution in [0.25, 0.3) is 0 Å². The molecule has 3 rings (SSSR count). The van der Waals surface area contributed by atoms with Crippen LogP contribution < -0.4 is 0 Å². The zero-order chi connectivity index (χ0) is 22.7. The summed E-state index contributed by atoms with van der Waals surface area (Å²) in [5.41, 5.74) is 5.91. The van der Waals surface area contributed by atoms with Crippen LogP contribution in [-0.4, -0.2) is 19.9 Å². The highest BCUT2D eigenvalue weighted by Gasteiger charge is 2.04. The third kappa shape index (κ3) is 8.58. The molecule has 0 spiro atoms. The van der Waals surface area contributed by atoms with Crippen molar-refractivity contribution in [1.82, 2.24) is 19.9 Å². The Balaban J connectivity index is 0.000000225. The van der Waals surface area contributed by atoms with Crippen molar-refractivity contribution in [2.45, 2.75) is 73.1 Å². The summed E-state index contributed by atoms with van der Waals surface area (Å²) in [5, 5.41) is 0.650. The van der Waals surface area contributed by atoms with Crippen LogP contribution >= 0.6 is 11.6 Å². The molecule has 0 radical (unpaired) electrons. The van der Waals surface area contributed by atoms with Gasteiger partial charge in [-0.05, 0) is 54.9 Å². The van der Waals surface area contributed by atoms with Crippen molar-refractivity contribution in [3.05, 3.63) is 82.4 Å². The molecule has 0 aliphatic heterocycles. The van der Waals surface area contributed by atoms with Crippen LogP contribution in [0.2, 0.25) is 5.02 Å². The normalized spacial score (nSPS) is 10.4. The van der Waals surface area contributed by atoms with E-state index >= 15 is 0 Å². The lowest BCUT2D eigenvalue weighted by Crippen LogP contribution is -1.94. The molecule has 0 aromatic carbocycles. The van der Waals surface area contributed by atoms with Gasteiger partial charge in [-0.15, -0.1) is 0 Å². The van der Waals surface area contributed by atoms with E-state index in [2.05, 4.69) is 73.6 Å². The molecular weight excluding hydrogens is 392 g/mol. The summed E-state index contributed by atoms with van der Waals surface area (Å²) in [6.07, 6.45) is 6.83. The number of aryl methyl sites for hydroxylation is 2. The van der Waals surface area contributed by atoms with E-state index in [0.717, 1.165) is 5.69 Å². The van der Waals surface area contributed by atoms with Crippen LogP contribution in [0.4, 0.5) is 0 Å². The van der Waals surface area contributed by atoms with E-state index in [1.54, 1.807) is 6.20 Å². The standard InChI is InChI=1S/2C9H13N.C7H9ClN2/c2*1-7(2)9-8(3)5-4-6-10-9;1-5(2)7-6(8)3-9-4-10-7/h2*4-7H,1-3H3;3-5H,1-2H3. The van der Waals surface area contributed by atoms with Gasteiger partial charge in [-0.3, -0.25) is 9.97 Å². The smallest absolute Gasteiger partial charge is 0.115 e. The van der Waals surface area contributed by atoms with Crippen molar-refractivity contribution < 1.29 is 0 Å². The van der Waals surface area contributed by atoms with Gasteiger partial charge in [-0.25, -0.2) is 9.97 Å². The first kappa shape index (κ1) is 25.7. The quantitative estimate of drug-likeness (QED) is 0.441. The molecule has 3 aromatic heterocycles. The van der Waals surface area contributed by atoms with Gasteiger partial charge in [0.25, 0.3) is 0 Å². The maximum Gasteiger partial charge on any atom is 0.115 e. The Hall–Kier alpha value is -2.33. The summed E-state index contributed by atoms with van der Waals surface area (Å²) in [5.74, 6) is 1.46. The molecule has 0 aliphatic carbocycles. The predicted molar refractivity (Wildman–Crippen MR) is 127 cm³/mol. The Morgan fingerprint density at radius 3 is 1.37 bits per heavy atom. The lowest BCUT2D eigenvalue weighted by molar-refractivity contribution is 0.811. The van der Waals surface area contributed by atoms with Crippen LogP contribution in [0.5, 0.6) is 0 Å². The number of pyridine rings is 2. The Morgan fingerprint density at radius 2 is 1.10 bits per heavy atom. The first-order valence-electron chi connectivity index (χ1n) is 10.4. The molecule has 0 fully saturated rings. The Kier molecular flexibility index (Phi) is 11.2. The molecule has 0 saturated heterocycles. The maximum absolute atomic E-state index is 5.79. The zero-order valence-corrected chi connectivity index (χ0v) is 20.3. The molecule has 5 heteroatoms. The van der Waals surface area contributed by atoms with E-state index in [-0.39, 0.29) is 0 Å². The van der Waals surface area contributed by atoms with E-state index in [4.69, 9.17) is 11.6 Å². The monoisotopic (exact) mass is 426 g/mol. The van der Waals surface area contributed by atoms with E-state index in [9.17, 15) is 0 Å². The Morgan fingerprint density at radius 1 is 0.667 bits per heavy atom. The number of hydrogen-bond acceptors (Lipinski definition) is 4. The van der Waals surface area contributed by atoms with Crippen LogP contribution in [0.1, 0.15) is 87.5 Å². The third-order valence-corrected chi connectivity index (χ3v) is 4.73. The van der Waals surface area contributed by atoms with Gasteiger partial charge in [0.15, 0.2) is 0 Å². The largest absolute Gasteiger partial charge is 0.261 e. The lowest BCUT2D eigenvalue weighted by Gasteiger charge is -2.05. The van der Waals surface area contributed by atoms with E-state index < -0.39 is 0 Å². The molecule has 162 valence electrons. The molecular formula is C25H35ClN4. The Bertz CT molecular complexity index is 774. The van der Waals surface area contributed by atoms with Gasteiger partial charge in [0.05, 0.1) is 10.7 Å². The summed E-state index contributed by atoms with van der Waals surface area (Å²) in [7, 11) is 0. The third-order valence-electron chi connectivity index (χ3n) is 4.44. The first-order valence-corrected chi connectivity index (χ1v) is 10.8. The van der Waals surface area contributed by atoms with Crippen LogP contribution in [0, 0.1) is 13.8 Å². The highest BCUT2D eigenvalue weighted by atomic mass is 35.5. The minimum absolute atomic E-state index is 0.371. The summed E-state index contributed by atoms with van der Waals surface area (Å²) in [6, 6.07) is 8.15. The second-order valence-electron chi connectivity index (χ2n) is 8.13. The second-order valence-corrected chi connectivity index (χ2v) is 8.54. The van der Waals surface area contributed by atoms with E-state index in [0.29, 0.717) is 22.8 Å². The minimum atomic E-state index is 0.371. The van der Waals surface area contributed by atoms with Crippen molar-refractivity contribution in [3.8, 4) is 0 Å². The highest BCUT2D eigenvalue weighted by Crippen LogP contribution is 2.19. The fourth-order valence-corrected chi connectivity index (χ4v) is 3.27. The second kappa shape index (κ2) is 13.1. The molecule has 0 aliphatic rings. The highest BCUT2D eigenvalue weighted by molar-refractivity contribution is 6.31. The minimum Gasteiger partial charge on any atom is -0.261 e. The Labute approximate surface area is 187 Å². The summed E-state index contributed by atoms with van der Waals surface area (Å²) in [6.45, 7) is 16.9. The predicted octanol–water partition coefficient (Wildman–Crippen LogP) is 7.28. The molecule has 3 aromatic rings. The van der Waals surface area contributed by atoms with Gasteiger partial charge in [-0.1, -0.05) is 65.3 Å². The molecule has 30 heavy (non-hydrogen) atoms. The average Bonchev–Trinajstić information content (AvgIpc) is 2.69. The number of hydrogen-bond donors (Lipinski definition) is 0. The van der Waals surface area contributed by atoms with Gasteiger partial charge < -0.3 is 0 Å². The van der Waals surface area contributed by atoms with Gasteiger partial charge in [-0.2, -0.15) is 0 Å². The summed E-state index contributed by atoms with van der Waals surface area (Å²) in [4.78, 5) is 16.4. The van der Waals surface area contributed by atoms with Crippen molar-refractivity contribution in [1.29, 1.82) is 0 Å². The van der Waals surface area contributed by atoms with Gasteiger partial charge in [0.1, 0.15) is 6.33 Å². The first-order chi connectivity index (χ1) is 14.1. The molecule has 0 atom stereocenters. The van der Waals surface area contributed by atoms with Gasteiger partial charge in [0, 0.05) is 30.0 Å². The number of rotatable bonds is 3. The molecule has 0 amide bonds. The molecule has 0 bridgehead atoms. The summed E-state index contributed by atoms with van der Waals surface area (Å²) >= 11 is 5.79. The number of halogens is 1. The maximum atomic E-state index is 5.79. The van der Waals surface area contributed by atoms with Crippen molar-refractivity contribution in [2.24, 2.45) is 0 Å². The fourth-order valence-electron chi connectivity index (χ4n) is 2.95. The number of aromatic nitrogens is 4. The average molecular weight is 427 g/mol. The van der Waals surface area contributed by atoms with Crippen molar-refractivity contribution in [3.63, 3.8) is 0 Å². The molecule has 0 N–H and O–H groups in total. The van der Waals surface area contributed by atoms with Crippen molar-refractivity contribution in [2.75, 3.05) is 0 Å². The van der Waals surface area contributed by atoms with Crippen molar-refractivity contribution >= 4 is 11.6 Å².